The molecular weight excluding hydrogens is 340 g/mol. The molecule has 4 nitrogen and oxygen atoms in total. The van der Waals surface area contributed by atoms with Crippen molar-refractivity contribution in [1.29, 1.82) is 0 Å². The summed E-state index contributed by atoms with van der Waals surface area (Å²) < 4.78 is 18.7. The topological polar surface area (TPSA) is 47.9 Å². The van der Waals surface area contributed by atoms with Crippen molar-refractivity contribution in [2.45, 2.75) is 62.8 Å². The predicted molar refractivity (Wildman–Crippen MR) is 103 cm³/mol. The van der Waals surface area contributed by atoms with Gasteiger partial charge in [-0.15, -0.1) is 0 Å². The van der Waals surface area contributed by atoms with E-state index in [1.807, 2.05) is 60.7 Å². The lowest BCUT2D eigenvalue weighted by Crippen LogP contribution is -2.39. The molecule has 1 spiro atoms. The summed E-state index contributed by atoms with van der Waals surface area (Å²) in [4.78, 5) is 0. The molecule has 1 saturated carbocycles. The van der Waals surface area contributed by atoms with Crippen molar-refractivity contribution < 1.29 is 19.3 Å². The van der Waals surface area contributed by atoms with Gasteiger partial charge < -0.3 is 19.3 Å². The van der Waals surface area contributed by atoms with Gasteiger partial charge in [-0.25, -0.2) is 0 Å². The van der Waals surface area contributed by atoms with Gasteiger partial charge in [-0.3, -0.25) is 0 Å². The van der Waals surface area contributed by atoms with E-state index in [1.54, 1.807) is 0 Å². The average Bonchev–Trinajstić information content (AvgIpc) is 3.13. The van der Waals surface area contributed by atoms with Crippen LogP contribution in [0.5, 0.6) is 0 Å². The molecule has 144 valence electrons. The minimum atomic E-state index is -0.762. The number of hydrogen-bond donors (Lipinski definition) is 1. The van der Waals surface area contributed by atoms with Crippen LogP contribution in [0.3, 0.4) is 0 Å². The first kappa shape index (κ1) is 18.6. The SMILES string of the molecule is OC(c1ccccc1)[C@@H](OCc1ccccc1)[C@H]1COC2(CCCCC2)O1. The lowest BCUT2D eigenvalue weighted by molar-refractivity contribution is -0.207. The second kappa shape index (κ2) is 8.53. The van der Waals surface area contributed by atoms with Gasteiger partial charge in [0.2, 0.25) is 0 Å². The Balaban J connectivity index is 1.50. The molecule has 4 heteroatoms. The summed E-state index contributed by atoms with van der Waals surface area (Å²) in [5.74, 6) is -0.478. The van der Waals surface area contributed by atoms with E-state index in [0.29, 0.717) is 13.2 Å². The highest BCUT2D eigenvalue weighted by Crippen LogP contribution is 2.40. The maximum Gasteiger partial charge on any atom is 0.169 e. The van der Waals surface area contributed by atoms with Crippen LogP contribution in [-0.4, -0.2) is 29.7 Å². The number of benzene rings is 2. The number of aliphatic hydroxyl groups excluding tert-OH is 1. The van der Waals surface area contributed by atoms with Crippen molar-refractivity contribution in [3.63, 3.8) is 0 Å². The molecule has 2 aromatic carbocycles. The van der Waals surface area contributed by atoms with Crippen LogP contribution in [0.4, 0.5) is 0 Å². The van der Waals surface area contributed by atoms with Gasteiger partial charge in [0.1, 0.15) is 18.3 Å². The molecule has 0 radical (unpaired) electrons. The lowest BCUT2D eigenvalue weighted by Gasteiger charge is -2.33. The third kappa shape index (κ3) is 4.41. The van der Waals surface area contributed by atoms with E-state index in [2.05, 4.69) is 0 Å². The molecule has 1 aliphatic heterocycles. The van der Waals surface area contributed by atoms with Crippen molar-refractivity contribution in [2.24, 2.45) is 0 Å². The van der Waals surface area contributed by atoms with E-state index in [-0.39, 0.29) is 6.10 Å². The highest BCUT2D eigenvalue weighted by molar-refractivity contribution is 5.19. The Hall–Kier alpha value is -1.72. The molecule has 0 bridgehead atoms. The zero-order chi connectivity index (χ0) is 18.5. The molecule has 0 amide bonds. The molecule has 3 atom stereocenters. The third-order valence-corrected chi connectivity index (χ3v) is 5.60. The van der Waals surface area contributed by atoms with E-state index in [9.17, 15) is 5.11 Å². The Labute approximate surface area is 161 Å². The van der Waals surface area contributed by atoms with E-state index < -0.39 is 18.0 Å². The summed E-state index contributed by atoms with van der Waals surface area (Å²) in [5, 5.41) is 11.0. The van der Waals surface area contributed by atoms with E-state index >= 15 is 0 Å². The van der Waals surface area contributed by atoms with Crippen LogP contribution in [-0.2, 0) is 20.8 Å². The van der Waals surface area contributed by atoms with Gasteiger partial charge in [-0.2, -0.15) is 0 Å². The van der Waals surface area contributed by atoms with Crippen LogP contribution in [0.2, 0.25) is 0 Å². The highest BCUT2D eigenvalue weighted by atomic mass is 16.8. The minimum absolute atomic E-state index is 0.276. The number of hydrogen-bond acceptors (Lipinski definition) is 4. The normalized spacial score (nSPS) is 24.0. The molecule has 1 saturated heterocycles. The maximum atomic E-state index is 11.0. The van der Waals surface area contributed by atoms with Gasteiger partial charge in [0.05, 0.1) is 13.2 Å². The van der Waals surface area contributed by atoms with Crippen molar-refractivity contribution in [3.8, 4) is 0 Å². The van der Waals surface area contributed by atoms with Gasteiger partial charge in [-0.05, 0) is 24.0 Å². The van der Waals surface area contributed by atoms with Crippen LogP contribution in [0, 0.1) is 0 Å². The van der Waals surface area contributed by atoms with E-state index in [0.717, 1.165) is 36.8 Å². The first-order valence-electron chi connectivity index (χ1n) is 9.96. The highest BCUT2D eigenvalue weighted by Gasteiger charge is 2.46. The first-order chi connectivity index (χ1) is 13.3. The largest absolute Gasteiger partial charge is 0.386 e. The number of ether oxygens (including phenoxy) is 3. The van der Waals surface area contributed by atoms with Crippen LogP contribution in [0.15, 0.2) is 60.7 Å². The summed E-state index contributed by atoms with van der Waals surface area (Å²) in [5.41, 5.74) is 1.91. The predicted octanol–water partition coefficient (Wildman–Crippen LogP) is 4.38. The second-order valence-corrected chi connectivity index (χ2v) is 7.56. The number of rotatable bonds is 6. The van der Waals surface area contributed by atoms with Crippen LogP contribution in [0.25, 0.3) is 0 Å². The third-order valence-electron chi connectivity index (χ3n) is 5.60. The summed E-state index contributed by atoms with van der Waals surface area (Å²) in [7, 11) is 0. The Morgan fingerprint density at radius 3 is 2.33 bits per heavy atom. The molecule has 4 rings (SSSR count). The zero-order valence-corrected chi connectivity index (χ0v) is 15.6. The summed E-state index contributed by atoms with van der Waals surface area (Å²) in [6, 6.07) is 19.7. The van der Waals surface area contributed by atoms with Gasteiger partial charge >= 0.3 is 0 Å². The Morgan fingerprint density at radius 1 is 0.963 bits per heavy atom. The number of aliphatic hydroxyl groups is 1. The molecule has 2 fully saturated rings. The molecule has 27 heavy (non-hydrogen) atoms. The van der Waals surface area contributed by atoms with Gasteiger partial charge in [-0.1, -0.05) is 67.1 Å². The molecule has 2 aromatic rings. The smallest absolute Gasteiger partial charge is 0.169 e. The Morgan fingerprint density at radius 2 is 1.63 bits per heavy atom. The van der Waals surface area contributed by atoms with Crippen LogP contribution < -0.4 is 0 Å². The molecule has 1 aliphatic carbocycles. The lowest BCUT2D eigenvalue weighted by atomic mass is 9.94. The van der Waals surface area contributed by atoms with Crippen molar-refractivity contribution in [2.75, 3.05) is 6.61 Å². The molecule has 0 aromatic heterocycles. The Bertz CT molecular complexity index is 697. The van der Waals surface area contributed by atoms with Crippen molar-refractivity contribution in [1.82, 2.24) is 0 Å². The summed E-state index contributed by atoms with van der Waals surface area (Å²) in [6.07, 6.45) is 3.83. The summed E-state index contributed by atoms with van der Waals surface area (Å²) >= 11 is 0. The monoisotopic (exact) mass is 368 g/mol. The van der Waals surface area contributed by atoms with E-state index in [1.165, 1.54) is 6.42 Å². The molecule has 1 heterocycles. The van der Waals surface area contributed by atoms with Gasteiger partial charge in [0.25, 0.3) is 0 Å². The quantitative estimate of drug-likeness (QED) is 0.822. The van der Waals surface area contributed by atoms with Crippen molar-refractivity contribution >= 4 is 0 Å². The standard InChI is InChI=1S/C23H28O4/c24-21(19-12-6-2-7-13-19)22(25-16-18-10-4-1-5-11-18)20-17-26-23(27-20)14-8-3-9-15-23/h1-2,4-7,10-13,20-22,24H,3,8-9,14-17H2/t20-,21?,22+/m1/s1. The van der Waals surface area contributed by atoms with E-state index in [4.69, 9.17) is 14.2 Å². The van der Waals surface area contributed by atoms with Gasteiger partial charge in [0.15, 0.2) is 5.79 Å². The molecule has 1 unspecified atom stereocenters. The fraction of sp³-hybridized carbons (Fsp3) is 0.478. The molecule has 2 aliphatic rings. The van der Waals surface area contributed by atoms with Crippen molar-refractivity contribution in [3.05, 3.63) is 71.8 Å². The minimum Gasteiger partial charge on any atom is -0.386 e. The fourth-order valence-electron chi connectivity index (χ4n) is 4.10. The van der Waals surface area contributed by atoms with Crippen LogP contribution >= 0.6 is 0 Å². The van der Waals surface area contributed by atoms with Gasteiger partial charge in [0, 0.05) is 12.8 Å². The Kier molecular flexibility index (Phi) is 5.89. The average molecular weight is 368 g/mol. The second-order valence-electron chi connectivity index (χ2n) is 7.56. The first-order valence-corrected chi connectivity index (χ1v) is 9.96. The summed E-state index contributed by atoms with van der Waals surface area (Å²) in [6.45, 7) is 0.894. The van der Waals surface area contributed by atoms with Crippen LogP contribution in [0.1, 0.15) is 49.3 Å². The fourth-order valence-corrected chi connectivity index (χ4v) is 4.10. The zero-order valence-electron chi connectivity index (χ0n) is 15.6. The molecular formula is C23H28O4. The maximum absolute atomic E-state index is 11.0. The molecule has 1 N–H and O–H groups in total.